The third-order valence-electron chi connectivity index (χ3n) is 3.27. The lowest BCUT2D eigenvalue weighted by atomic mass is 10.0. The topological polar surface area (TPSA) is 60.5 Å². The first-order valence-corrected chi connectivity index (χ1v) is 7.71. The summed E-state index contributed by atoms with van der Waals surface area (Å²) in [5, 5.41) is 3.74. The minimum atomic E-state index is -0.533. The maximum atomic E-state index is 13.4. The number of benzene rings is 1. The van der Waals surface area contributed by atoms with Crippen LogP contribution in [0.3, 0.4) is 0 Å². The number of thiazole rings is 1. The van der Waals surface area contributed by atoms with Crippen LogP contribution in [0.4, 0.5) is 9.52 Å². The van der Waals surface area contributed by atoms with Crippen LogP contribution >= 0.6 is 22.9 Å². The lowest BCUT2D eigenvalue weighted by Crippen LogP contribution is -2.20. The monoisotopic (exact) mass is 342 g/mol. The van der Waals surface area contributed by atoms with Crippen LogP contribution in [-0.2, 0) is 4.74 Å². The Morgan fingerprint density at radius 3 is 3.18 bits per heavy atom. The Balaban J connectivity index is 1.86. The maximum Gasteiger partial charge on any atom is 0.351 e. The number of hydrogen-bond acceptors (Lipinski definition) is 6. The summed E-state index contributed by atoms with van der Waals surface area (Å²) in [4.78, 5) is 15.9. The van der Waals surface area contributed by atoms with E-state index in [1.165, 1.54) is 19.2 Å². The minimum absolute atomic E-state index is 0.0888. The molecule has 1 aromatic carbocycles. The molecule has 22 heavy (non-hydrogen) atoms. The Labute approximate surface area is 135 Å². The third-order valence-corrected chi connectivity index (χ3v) is 4.62. The number of carbonyl (C=O) groups is 1. The van der Waals surface area contributed by atoms with E-state index in [2.05, 4.69) is 15.0 Å². The van der Waals surface area contributed by atoms with Crippen molar-refractivity contribution in [3.8, 4) is 5.75 Å². The predicted molar refractivity (Wildman–Crippen MR) is 81.3 cm³/mol. The van der Waals surface area contributed by atoms with E-state index in [0.717, 1.165) is 16.9 Å². The number of esters is 1. The van der Waals surface area contributed by atoms with Crippen molar-refractivity contribution in [2.75, 3.05) is 19.0 Å². The second kappa shape index (κ2) is 6.10. The molecule has 2 aromatic rings. The van der Waals surface area contributed by atoms with Gasteiger partial charge in [-0.3, -0.25) is 0 Å². The van der Waals surface area contributed by atoms with Crippen molar-refractivity contribution in [2.24, 2.45) is 0 Å². The molecular formula is C14H12ClFN2O3S. The fraction of sp³-hybridized carbons (Fsp3) is 0.286. The number of halogens is 2. The molecule has 1 aromatic heterocycles. The zero-order valence-electron chi connectivity index (χ0n) is 11.6. The average Bonchev–Trinajstić information content (AvgIpc) is 2.88. The Morgan fingerprint density at radius 2 is 2.41 bits per heavy atom. The van der Waals surface area contributed by atoms with Crippen molar-refractivity contribution in [1.82, 2.24) is 4.98 Å². The number of ether oxygens (including phenoxy) is 2. The van der Waals surface area contributed by atoms with Crippen LogP contribution in [0.5, 0.6) is 5.75 Å². The summed E-state index contributed by atoms with van der Waals surface area (Å²) >= 11 is 7.04. The number of fused-ring (bicyclic) bond motifs is 1. The molecule has 3 rings (SSSR count). The van der Waals surface area contributed by atoms with Crippen molar-refractivity contribution in [1.29, 1.82) is 0 Å². The molecule has 1 N–H and O–H groups in total. The van der Waals surface area contributed by atoms with Crippen LogP contribution in [0.15, 0.2) is 18.2 Å². The second-order valence-corrected chi connectivity index (χ2v) is 6.00. The zero-order valence-corrected chi connectivity index (χ0v) is 13.1. The molecule has 1 atom stereocenters. The molecule has 0 saturated heterocycles. The Hall–Kier alpha value is -1.86. The second-order valence-electron chi connectivity index (χ2n) is 4.65. The van der Waals surface area contributed by atoms with Gasteiger partial charge in [0.1, 0.15) is 11.6 Å². The van der Waals surface area contributed by atoms with E-state index in [9.17, 15) is 9.18 Å². The Morgan fingerprint density at radius 1 is 1.59 bits per heavy atom. The maximum absolute atomic E-state index is 13.4. The first-order chi connectivity index (χ1) is 10.6. The van der Waals surface area contributed by atoms with Crippen molar-refractivity contribution >= 4 is 34.0 Å². The molecule has 0 spiro atoms. The molecule has 8 heteroatoms. The van der Waals surface area contributed by atoms with E-state index in [0.29, 0.717) is 23.9 Å². The number of nitrogens with zero attached hydrogens (tertiary/aromatic N) is 1. The summed E-state index contributed by atoms with van der Waals surface area (Å²) in [6.07, 6.45) is 0.654. The molecule has 0 aliphatic carbocycles. The molecule has 1 aliphatic heterocycles. The average molecular weight is 343 g/mol. The van der Waals surface area contributed by atoms with Crippen LogP contribution in [0.2, 0.25) is 5.15 Å². The summed E-state index contributed by atoms with van der Waals surface area (Å²) in [6, 6.07) is 4.24. The first kappa shape index (κ1) is 15.1. The summed E-state index contributed by atoms with van der Waals surface area (Å²) in [5.74, 6) is -0.224. The highest BCUT2D eigenvalue weighted by atomic mass is 35.5. The van der Waals surface area contributed by atoms with Gasteiger partial charge < -0.3 is 14.8 Å². The Kier molecular flexibility index (Phi) is 4.17. The van der Waals surface area contributed by atoms with Crippen LogP contribution in [-0.4, -0.2) is 24.7 Å². The van der Waals surface area contributed by atoms with Crippen molar-refractivity contribution in [3.05, 3.63) is 39.6 Å². The molecular weight excluding hydrogens is 331 g/mol. The highest BCUT2D eigenvalue weighted by molar-refractivity contribution is 7.18. The smallest absolute Gasteiger partial charge is 0.351 e. The van der Waals surface area contributed by atoms with Gasteiger partial charge in [0, 0.05) is 12.0 Å². The molecule has 5 nitrogen and oxygen atoms in total. The van der Waals surface area contributed by atoms with E-state index < -0.39 is 5.97 Å². The van der Waals surface area contributed by atoms with Crippen LogP contribution in [0.1, 0.15) is 27.7 Å². The van der Waals surface area contributed by atoms with Crippen molar-refractivity contribution in [2.45, 2.75) is 12.5 Å². The fourth-order valence-corrected chi connectivity index (χ4v) is 3.40. The van der Waals surface area contributed by atoms with Gasteiger partial charge in [-0.1, -0.05) is 22.9 Å². The number of aromatic nitrogens is 1. The standard InChI is InChI=1S/C14H12ClFN2O3S/c1-20-13(19)11-12(15)18-14(22-11)17-9-4-5-21-10-3-2-7(16)6-8(9)10/h2-3,6,9H,4-5H2,1H3,(H,17,18). The van der Waals surface area contributed by atoms with E-state index in [1.807, 2.05) is 0 Å². The number of anilines is 1. The quantitative estimate of drug-likeness (QED) is 0.863. The minimum Gasteiger partial charge on any atom is -0.493 e. The fourth-order valence-electron chi connectivity index (χ4n) is 2.25. The number of carbonyl (C=O) groups excluding carboxylic acids is 1. The molecule has 116 valence electrons. The van der Waals surface area contributed by atoms with Gasteiger partial charge in [-0.25, -0.2) is 14.2 Å². The summed E-state index contributed by atoms with van der Waals surface area (Å²) in [6.45, 7) is 0.513. The molecule has 1 aliphatic rings. The number of hydrogen-bond donors (Lipinski definition) is 1. The molecule has 0 amide bonds. The van der Waals surface area contributed by atoms with Gasteiger partial charge in [-0.05, 0) is 18.2 Å². The van der Waals surface area contributed by atoms with Gasteiger partial charge in [0.2, 0.25) is 0 Å². The van der Waals surface area contributed by atoms with Crippen LogP contribution in [0.25, 0.3) is 0 Å². The molecule has 0 saturated carbocycles. The summed E-state index contributed by atoms with van der Waals surface area (Å²) in [7, 11) is 1.28. The van der Waals surface area contributed by atoms with E-state index in [-0.39, 0.29) is 21.9 Å². The molecule has 0 radical (unpaired) electrons. The van der Waals surface area contributed by atoms with Gasteiger partial charge in [-0.2, -0.15) is 0 Å². The summed E-state index contributed by atoms with van der Waals surface area (Å²) < 4.78 is 23.6. The number of rotatable bonds is 3. The summed E-state index contributed by atoms with van der Waals surface area (Å²) in [5.41, 5.74) is 0.720. The van der Waals surface area contributed by atoms with Gasteiger partial charge in [0.15, 0.2) is 15.2 Å². The number of methoxy groups -OCH3 is 1. The number of nitrogens with one attached hydrogen (secondary N) is 1. The lowest BCUT2D eigenvalue weighted by molar-refractivity contribution is 0.0606. The molecule has 2 heterocycles. The molecule has 0 fully saturated rings. The highest BCUT2D eigenvalue weighted by Crippen LogP contribution is 2.37. The van der Waals surface area contributed by atoms with Gasteiger partial charge in [-0.15, -0.1) is 0 Å². The van der Waals surface area contributed by atoms with Crippen molar-refractivity contribution < 1.29 is 18.7 Å². The van der Waals surface area contributed by atoms with Crippen LogP contribution in [0, 0.1) is 5.82 Å². The van der Waals surface area contributed by atoms with Gasteiger partial charge in [0.25, 0.3) is 0 Å². The van der Waals surface area contributed by atoms with Crippen LogP contribution < -0.4 is 10.1 Å². The molecule has 1 unspecified atom stereocenters. The highest BCUT2D eigenvalue weighted by Gasteiger charge is 2.24. The van der Waals surface area contributed by atoms with E-state index >= 15 is 0 Å². The SMILES string of the molecule is COC(=O)c1sc(NC2CCOc3ccc(F)cc32)nc1Cl. The lowest BCUT2D eigenvalue weighted by Gasteiger charge is -2.26. The normalized spacial score (nSPS) is 16.6. The van der Waals surface area contributed by atoms with E-state index in [1.54, 1.807) is 6.07 Å². The Bertz CT molecular complexity index is 722. The van der Waals surface area contributed by atoms with E-state index in [4.69, 9.17) is 16.3 Å². The molecule has 0 bridgehead atoms. The third kappa shape index (κ3) is 2.86. The largest absolute Gasteiger partial charge is 0.493 e. The zero-order chi connectivity index (χ0) is 15.7. The van der Waals surface area contributed by atoms with Crippen molar-refractivity contribution in [3.63, 3.8) is 0 Å². The predicted octanol–water partition coefficient (Wildman–Crippen LogP) is 3.66. The first-order valence-electron chi connectivity index (χ1n) is 6.52. The van der Waals surface area contributed by atoms with Gasteiger partial charge in [0.05, 0.1) is 19.8 Å². The van der Waals surface area contributed by atoms with Gasteiger partial charge >= 0.3 is 5.97 Å².